The van der Waals surface area contributed by atoms with Gasteiger partial charge in [0.2, 0.25) is 0 Å². The first-order valence-electron chi connectivity index (χ1n) is 4.04. The van der Waals surface area contributed by atoms with Gasteiger partial charge in [0.05, 0.1) is 12.7 Å². The van der Waals surface area contributed by atoms with Crippen LogP contribution in [0.5, 0.6) is 0 Å². The molecule has 1 rings (SSSR count). The van der Waals surface area contributed by atoms with E-state index in [1.165, 1.54) is 18.2 Å². The number of carbonyl (C=O) groups excluding carboxylic acids is 1. The van der Waals surface area contributed by atoms with Crippen molar-refractivity contribution in [3.63, 3.8) is 0 Å². The molecule has 14 heavy (non-hydrogen) atoms. The van der Waals surface area contributed by atoms with Gasteiger partial charge in [-0.3, -0.25) is 4.90 Å². The van der Waals surface area contributed by atoms with Gasteiger partial charge < -0.3 is 9.84 Å². The van der Waals surface area contributed by atoms with Crippen LogP contribution in [0, 0.1) is 0 Å². The molecule has 0 aromatic heterocycles. The summed E-state index contributed by atoms with van der Waals surface area (Å²) in [5, 5.41) is 8.81. The highest BCUT2D eigenvalue weighted by Gasteiger charge is 2.22. The van der Waals surface area contributed by atoms with Gasteiger partial charge in [-0.2, -0.15) is 0 Å². The van der Waals surface area contributed by atoms with Crippen LogP contribution in [0.15, 0.2) is 23.5 Å². The fourth-order valence-corrected chi connectivity index (χ4v) is 1.22. The molecule has 0 atom stereocenters. The Morgan fingerprint density at radius 3 is 2.71 bits per heavy atom. The van der Waals surface area contributed by atoms with Crippen LogP contribution in [0.3, 0.4) is 0 Å². The zero-order valence-electron chi connectivity index (χ0n) is 7.98. The van der Waals surface area contributed by atoms with Crippen LogP contribution in [0.4, 0.5) is 4.79 Å². The molecular formula is C9H11NO4. The van der Waals surface area contributed by atoms with Crippen molar-refractivity contribution < 1.29 is 19.4 Å². The molecule has 5 nitrogen and oxygen atoms in total. The molecule has 0 spiro atoms. The lowest BCUT2D eigenvalue weighted by Gasteiger charge is -2.22. The van der Waals surface area contributed by atoms with Crippen LogP contribution in [-0.2, 0) is 9.53 Å². The summed E-state index contributed by atoms with van der Waals surface area (Å²) in [5.74, 6) is -1.01. The minimum absolute atomic E-state index is 0.206. The van der Waals surface area contributed by atoms with Crippen molar-refractivity contribution in [2.75, 3.05) is 7.11 Å². The van der Waals surface area contributed by atoms with Gasteiger partial charge in [0.1, 0.15) is 0 Å². The number of amides is 1. The smallest absolute Gasteiger partial charge is 0.417 e. The summed E-state index contributed by atoms with van der Waals surface area (Å²) in [6.45, 7) is 1.57. The Morgan fingerprint density at radius 2 is 2.21 bits per heavy atom. The number of carbonyl (C=O) groups is 2. The lowest BCUT2D eigenvalue weighted by atomic mass is 10.1. The maximum absolute atomic E-state index is 11.2. The monoisotopic (exact) mass is 197 g/mol. The SMILES string of the molecule is COC(=O)N1C=CCC(C(=O)O)=C1C. The third-order valence-corrected chi connectivity index (χ3v) is 2.00. The summed E-state index contributed by atoms with van der Waals surface area (Å²) >= 11 is 0. The van der Waals surface area contributed by atoms with E-state index in [1.807, 2.05) is 0 Å². The largest absolute Gasteiger partial charge is 0.478 e. The number of hydrogen-bond acceptors (Lipinski definition) is 3. The predicted molar refractivity (Wildman–Crippen MR) is 48.3 cm³/mol. The molecule has 1 N–H and O–H groups in total. The van der Waals surface area contributed by atoms with Gasteiger partial charge in [-0.15, -0.1) is 0 Å². The van der Waals surface area contributed by atoms with E-state index in [4.69, 9.17) is 5.11 Å². The van der Waals surface area contributed by atoms with Crippen LogP contribution in [0.2, 0.25) is 0 Å². The van der Waals surface area contributed by atoms with E-state index in [0.717, 1.165) is 0 Å². The lowest BCUT2D eigenvalue weighted by Crippen LogP contribution is -2.28. The Morgan fingerprint density at radius 1 is 1.57 bits per heavy atom. The molecular weight excluding hydrogens is 186 g/mol. The Labute approximate surface area is 81.3 Å². The molecule has 0 aromatic rings. The zero-order chi connectivity index (χ0) is 10.7. The summed E-state index contributed by atoms with van der Waals surface area (Å²) in [5.41, 5.74) is 0.602. The third kappa shape index (κ3) is 1.76. The molecule has 0 saturated carbocycles. The molecule has 0 unspecified atom stereocenters. The Balaban J connectivity index is 2.99. The maximum Gasteiger partial charge on any atom is 0.417 e. The summed E-state index contributed by atoms with van der Waals surface area (Å²) in [7, 11) is 1.25. The van der Waals surface area contributed by atoms with Crippen molar-refractivity contribution in [2.45, 2.75) is 13.3 Å². The average Bonchev–Trinajstić information content (AvgIpc) is 2.16. The molecule has 1 heterocycles. The molecule has 1 amide bonds. The van der Waals surface area contributed by atoms with Gasteiger partial charge >= 0.3 is 12.1 Å². The fraction of sp³-hybridized carbons (Fsp3) is 0.333. The van der Waals surface area contributed by atoms with E-state index in [0.29, 0.717) is 12.1 Å². The highest BCUT2D eigenvalue weighted by Crippen LogP contribution is 2.20. The molecule has 1 aliphatic heterocycles. The molecule has 0 bridgehead atoms. The van der Waals surface area contributed by atoms with Crippen LogP contribution in [0.1, 0.15) is 13.3 Å². The van der Waals surface area contributed by atoms with Crippen molar-refractivity contribution >= 4 is 12.1 Å². The number of carboxylic acid groups (broad SMARTS) is 1. The Kier molecular flexibility index (Phi) is 2.91. The lowest BCUT2D eigenvalue weighted by molar-refractivity contribution is -0.132. The van der Waals surface area contributed by atoms with Crippen molar-refractivity contribution in [1.29, 1.82) is 0 Å². The summed E-state index contributed by atoms with van der Waals surface area (Å²) in [6.07, 6.45) is 2.85. The summed E-state index contributed by atoms with van der Waals surface area (Å²) in [4.78, 5) is 23.1. The fourth-order valence-electron chi connectivity index (χ4n) is 1.22. The number of allylic oxidation sites excluding steroid dienone is 2. The van der Waals surface area contributed by atoms with E-state index < -0.39 is 12.1 Å². The number of aliphatic carboxylic acids is 1. The van der Waals surface area contributed by atoms with Crippen molar-refractivity contribution in [1.82, 2.24) is 4.90 Å². The minimum Gasteiger partial charge on any atom is -0.478 e. The quantitative estimate of drug-likeness (QED) is 0.688. The first-order chi connectivity index (χ1) is 6.57. The van der Waals surface area contributed by atoms with Gasteiger partial charge in [-0.25, -0.2) is 9.59 Å². The number of ether oxygens (including phenoxy) is 1. The Bertz CT molecular complexity index is 330. The predicted octanol–water partition coefficient (Wildman–Crippen LogP) is 1.33. The van der Waals surface area contributed by atoms with Gasteiger partial charge in [-0.1, -0.05) is 6.08 Å². The van der Waals surface area contributed by atoms with E-state index in [2.05, 4.69) is 4.74 Å². The number of carboxylic acids is 1. The highest BCUT2D eigenvalue weighted by molar-refractivity contribution is 5.89. The second kappa shape index (κ2) is 3.95. The first kappa shape index (κ1) is 10.3. The number of nitrogens with zero attached hydrogens (tertiary/aromatic N) is 1. The second-order valence-corrected chi connectivity index (χ2v) is 2.80. The van der Waals surface area contributed by atoms with Crippen molar-refractivity contribution in [2.24, 2.45) is 0 Å². The van der Waals surface area contributed by atoms with Crippen molar-refractivity contribution in [3.8, 4) is 0 Å². The zero-order valence-corrected chi connectivity index (χ0v) is 7.98. The molecule has 5 heteroatoms. The highest BCUT2D eigenvalue weighted by atomic mass is 16.5. The van der Waals surface area contributed by atoms with Crippen LogP contribution >= 0.6 is 0 Å². The third-order valence-electron chi connectivity index (χ3n) is 2.00. The van der Waals surface area contributed by atoms with Gasteiger partial charge in [0.15, 0.2) is 0 Å². The topological polar surface area (TPSA) is 66.8 Å². The molecule has 0 fully saturated rings. The number of hydrogen-bond donors (Lipinski definition) is 1. The first-order valence-corrected chi connectivity index (χ1v) is 4.04. The van der Waals surface area contributed by atoms with Gasteiger partial charge in [0.25, 0.3) is 0 Å². The summed E-state index contributed by atoms with van der Waals surface area (Å²) < 4.78 is 4.50. The number of methoxy groups -OCH3 is 1. The number of rotatable bonds is 1. The van der Waals surface area contributed by atoms with Crippen LogP contribution < -0.4 is 0 Å². The molecule has 0 radical (unpaired) electrons. The van der Waals surface area contributed by atoms with E-state index in [9.17, 15) is 9.59 Å². The summed E-state index contributed by atoms with van der Waals surface area (Å²) in [6, 6.07) is 0. The van der Waals surface area contributed by atoms with E-state index in [-0.39, 0.29) is 5.57 Å². The molecule has 0 saturated heterocycles. The second-order valence-electron chi connectivity index (χ2n) is 2.80. The molecule has 0 aromatic carbocycles. The molecule has 0 aliphatic carbocycles. The van der Waals surface area contributed by atoms with Crippen LogP contribution in [-0.4, -0.2) is 29.2 Å². The molecule has 76 valence electrons. The minimum atomic E-state index is -1.01. The van der Waals surface area contributed by atoms with Crippen LogP contribution in [0.25, 0.3) is 0 Å². The van der Waals surface area contributed by atoms with Gasteiger partial charge in [0, 0.05) is 18.3 Å². The van der Waals surface area contributed by atoms with Crippen molar-refractivity contribution in [3.05, 3.63) is 23.5 Å². The standard InChI is InChI=1S/C9H11NO4/c1-6-7(8(11)12)4-3-5-10(6)9(13)14-2/h3,5H,4H2,1-2H3,(H,11,12). The Hall–Kier alpha value is -1.78. The molecule has 1 aliphatic rings. The van der Waals surface area contributed by atoms with E-state index in [1.54, 1.807) is 13.0 Å². The normalized spacial score (nSPS) is 15.7. The maximum atomic E-state index is 11.2. The van der Waals surface area contributed by atoms with Gasteiger partial charge in [-0.05, 0) is 6.92 Å². The van der Waals surface area contributed by atoms with E-state index >= 15 is 0 Å². The average molecular weight is 197 g/mol.